The molecular weight excluding hydrogens is 228 g/mol. The summed E-state index contributed by atoms with van der Waals surface area (Å²) in [5.74, 6) is 0.608. The molecule has 0 spiro atoms. The Morgan fingerprint density at radius 3 is 2.72 bits per heavy atom. The fraction of sp³-hybridized carbons (Fsp3) is 0.929. The molecule has 2 rings (SSSR count). The molecule has 104 valence electrons. The molecule has 1 heterocycles. The van der Waals surface area contributed by atoms with Crippen LogP contribution in [0.25, 0.3) is 0 Å². The summed E-state index contributed by atoms with van der Waals surface area (Å²) in [6, 6.07) is 0.447. The number of hydrogen-bond donors (Lipinski definition) is 1. The monoisotopic (exact) mass is 254 g/mol. The van der Waals surface area contributed by atoms with E-state index in [1.165, 1.54) is 19.3 Å². The van der Waals surface area contributed by atoms with Crippen molar-refractivity contribution in [2.45, 2.75) is 58.1 Å². The van der Waals surface area contributed by atoms with Crippen molar-refractivity contribution in [2.75, 3.05) is 19.7 Å². The lowest BCUT2D eigenvalue weighted by Gasteiger charge is -2.39. The molecular formula is C14H26N2O2. The molecule has 0 aromatic carbocycles. The number of nitrogens with one attached hydrogen (secondary N) is 1. The van der Waals surface area contributed by atoms with Gasteiger partial charge >= 0.3 is 6.03 Å². The number of rotatable bonds is 1. The Balaban J connectivity index is 1.87. The van der Waals surface area contributed by atoms with E-state index >= 15 is 0 Å². The summed E-state index contributed by atoms with van der Waals surface area (Å²) >= 11 is 0. The van der Waals surface area contributed by atoms with E-state index in [2.05, 4.69) is 12.2 Å². The third-order valence-electron chi connectivity index (χ3n) is 4.13. The number of urea groups is 1. The van der Waals surface area contributed by atoms with Crippen LogP contribution >= 0.6 is 0 Å². The van der Waals surface area contributed by atoms with Gasteiger partial charge in [0.05, 0.1) is 18.8 Å². The van der Waals surface area contributed by atoms with Crippen LogP contribution in [0.4, 0.5) is 4.79 Å². The van der Waals surface area contributed by atoms with Crippen LogP contribution in [0.15, 0.2) is 0 Å². The lowest BCUT2D eigenvalue weighted by Crippen LogP contribution is -2.55. The maximum absolute atomic E-state index is 12.3. The summed E-state index contributed by atoms with van der Waals surface area (Å²) < 4.78 is 5.64. The number of nitrogens with zero attached hydrogens (tertiary/aromatic N) is 1. The second-order valence-corrected chi connectivity index (χ2v) is 6.35. The van der Waals surface area contributed by atoms with Gasteiger partial charge in [0.1, 0.15) is 0 Å². The first-order valence-electron chi connectivity index (χ1n) is 7.17. The zero-order valence-corrected chi connectivity index (χ0v) is 11.9. The van der Waals surface area contributed by atoms with Crippen LogP contribution in [0, 0.1) is 5.92 Å². The fourth-order valence-corrected chi connectivity index (χ4v) is 2.97. The predicted molar refractivity (Wildman–Crippen MR) is 71.6 cm³/mol. The molecule has 0 radical (unpaired) electrons. The maximum Gasteiger partial charge on any atom is 0.317 e. The Morgan fingerprint density at radius 1 is 1.33 bits per heavy atom. The third kappa shape index (κ3) is 3.37. The van der Waals surface area contributed by atoms with Crippen LogP contribution in [0.2, 0.25) is 0 Å². The predicted octanol–water partition coefficient (Wildman–Crippen LogP) is 2.39. The van der Waals surface area contributed by atoms with Gasteiger partial charge in [-0.1, -0.05) is 19.8 Å². The van der Waals surface area contributed by atoms with Crippen LogP contribution < -0.4 is 5.32 Å². The van der Waals surface area contributed by atoms with Gasteiger partial charge in [-0.2, -0.15) is 0 Å². The van der Waals surface area contributed by atoms with Crippen molar-refractivity contribution in [3.8, 4) is 0 Å². The van der Waals surface area contributed by atoms with Gasteiger partial charge in [-0.15, -0.1) is 0 Å². The van der Waals surface area contributed by atoms with Crippen LogP contribution in [0.3, 0.4) is 0 Å². The number of carbonyl (C=O) groups excluding carboxylic acids is 1. The smallest absolute Gasteiger partial charge is 0.317 e. The van der Waals surface area contributed by atoms with E-state index in [0.717, 1.165) is 6.42 Å². The highest BCUT2D eigenvalue weighted by Crippen LogP contribution is 2.24. The van der Waals surface area contributed by atoms with Gasteiger partial charge in [-0.05, 0) is 32.6 Å². The molecule has 2 fully saturated rings. The van der Waals surface area contributed by atoms with Crippen molar-refractivity contribution in [1.29, 1.82) is 0 Å². The molecule has 4 heteroatoms. The molecule has 1 aliphatic carbocycles. The first-order valence-corrected chi connectivity index (χ1v) is 7.17. The first kappa shape index (κ1) is 13.7. The van der Waals surface area contributed by atoms with Crippen molar-refractivity contribution >= 4 is 6.03 Å². The molecule has 0 aromatic rings. The quantitative estimate of drug-likeness (QED) is 0.780. The molecule has 0 aromatic heterocycles. The Hall–Kier alpha value is -0.770. The number of amides is 2. The van der Waals surface area contributed by atoms with E-state index in [0.29, 0.717) is 31.7 Å². The van der Waals surface area contributed by atoms with Gasteiger partial charge in [0.25, 0.3) is 0 Å². The Morgan fingerprint density at radius 2 is 2.06 bits per heavy atom. The zero-order valence-electron chi connectivity index (χ0n) is 11.9. The second-order valence-electron chi connectivity index (χ2n) is 6.35. The molecule has 2 aliphatic rings. The Bertz CT molecular complexity index is 304. The van der Waals surface area contributed by atoms with Crippen LogP contribution in [-0.2, 0) is 4.74 Å². The normalized spacial score (nSPS) is 32.1. The SMILES string of the molecule is C[C@H]1CCCC[C@@H]1NC(=O)N1CCOC(C)(C)C1. The van der Waals surface area contributed by atoms with Crippen molar-refractivity contribution in [2.24, 2.45) is 5.92 Å². The number of morpholine rings is 1. The molecule has 18 heavy (non-hydrogen) atoms. The summed E-state index contributed by atoms with van der Waals surface area (Å²) in [6.45, 7) is 8.34. The molecule has 0 bridgehead atoms. The van der Waals surface area contributed by atoms with E-state index < -0.39 is 0 Å². The van der Waals surface area contributed by atoms with Crippen molar-refractivity contribution < 1.29 is 9.53 Å². The first-order chi connectivity index (χ1) is 8.48. The average molecular weight is 254 g/mol. The van der Waals surface area contributed by atoms with E-state index in [-0.39, 0.29) is 11.6 Å². The molecule has 1 saturated heterocycles. The average Bonchev–Trinajstić information content (AvgIpc) is 2.31. The minimum atomic E-state index is -0.215. The summed E-state index contributed by atoms with van der Waals surface area (Å²) in [5, 5.41) is 3.21. The van der Waals surface area contributed by atoms with Crippen molar-refractivity contribution in [3.63, 3.8) is 0 Å². The van der Waals surface area contributed by atoms with Gasteiger partial charge in [0.15, 0.2) is 0 Å². The van der Waals surface area contributed by atoms with E-state index in [1.54, 1.807) is 0 Å². The number of carbonyl (C=O) groups is 1. The summed E-state index contributed by atoms with van der Waals surface area (Å²) in [5.41, 5.74) is -0.215. The molecule has 2 atom stereocenters. The van der Waals surface area contributed by atoms with Gasteiger partial charge in [0, 0.05) is 12.6 Å². The minimum Gasteiger partial charge on any atom is -0.372 e. The maximum atomic E-state index is 12.3. The summed E-state index contributed by atoms with van der Waals surface area (Å²) in [6.07, 6.45) is 4.90. The third-order valence-corrected chi connectivity index (χ3v) is 4.13. The lowest BCUT2D eigenvalue weighted by molar-refractivity contribution is -0.0737. The zero-order chi connectivity index (χ0) is 13.2. The van der Waals surface area contributed by atoms with Gasteiger partial charge in [0.2, 0.25) is 0 Å². The minimum absolute atomic E-state index is 0.0881. The van der Waals surface area contributed by atoms with Crippen molar-refractivity contribution in [1.82, 2.24) is 10.2 Å². The molecule has 1 aliphatic heterocycles. The summed E-state index contributed by atoms with van der Waals surface area (Å²) in [4.78, 5) is 14.2. The lowest BCUT2D eigenvalue weighted by atomic mass is 9.86. The highest BCUT2D eigenvalue weighted by atomic mass is 16.5. The van der Waals surface area contributed by atoms with E-state index in [1.807, 2.05) is 18.7 Å². The molecule has 4 nitrogen and oxygen atoms in total. The standard InChI is InChI=1S/C14H26N2O2/c1-11-6-4-5-7-12(11)15-13(17)16-8-9-18-14(2,3)10-16/h11-12H,4-10H2,1-3H3,(H,15,17)/t11-,12-/m0/s1. The fourth-order valence-electron chi connectivity index (χ4n) is 2.97. The largest absolute Gasteiger partial charge is 0.372 e. The van der Waals surface area contributed by atoms with Gasteiger partial charge in [-0.25, -0.2) is 4.79 Å². The molecule has 1 saturated carbocycles. The number of hydrogen-bond acceptors (Lipinski definition) is 2. The molecule has 1 N–H and O–H groups in total. The Kier molecular flexibility index (Phi) is 4.15. The van der Waals surface area contributed by atoms with Crippen LogP contribution in [0.5, 0.6) is 0 Å². The number of ether oxygens (including phenoxy) is 1. The van der Waals surface area contributed by atoms with Crippen LogP contribution in [0.1, 0.15) is 46.5 Å². The van der Waals surface area contributed by atoms with Crippen molar-refractivity contribution in [3.05, 3.63) is 0 Å². The second kappa shape index (κ2) is 5.47. The highest BCUT2D eigenvalue weighted by molar-refractivity contribution is 5.74. The van der Waals surface area contributed by atoms with Gasteiger partial charge < -0.3 is 15.0 Å². The topological polar surface area (TPSA) is 41.6 Å². The molecule has 0 unspecified atom stereocenters. The van der Waals surface area contributed by atoms with Crippen LogP contribution in [-0.4, -0.2) is 42.3 Å². The molecule has 2 amide bonds. The summed E-state index contributed by atoms with van der Waals surface area (Å²) in [7, 11) is 0. The van der Waals surface area contributed by atoms with Gasteiger partial charge in [-0.3, -0.25) is 0 Å². The Labute approximate surface area is 110 Å². The van der Waals surface area contributed by atoms with E-state index in [4.69, 9.17) is 4.74 Å². The van der Waals surface area contributed by atoms with E-state index in [9.17, 15) is 4.79 Å². The highest BCUT2D eigenvalue weighted by Gasteiger charge is 2.31.